The number of carbonyl (C=O) groups excluding carboxylic acids is 1. The molecular weight excluding hydrogens is 406 g/mol. The lowest BCUT2D eigenvalue weighted by Crippen LogP contribution is -2.71. The van der Waals surface area contributed by atoms with Gasteiger partial charge >= 0.3 is 0 Å². The number of fused-ring (bicyclic) bond motifs is 2. The van der Waals surface area contributed by atoms with E-state index in [9.17, 15) is 4.79 Å². The molecule has 3 aromatic carbocycles. The maximum absolute atomic E-state index is 13.0. The lowest BCUT2D eigenvalue weighted by atomic mass is 10.0. The highest BCUT2D eigenvalue weighted by molar-refractivity contribution is 7.80. The molecule has 0 aromatic heterocycles. The third kappa shape index (κ3) is 3.65. The van der Waals surface area contributed by atoms with E-state index in [1.807, 2.05) is 48.5 Å². The van der Waals surface area contributed by atoms with Crippen LogP contribution < -0.4 is 26.6 Å². The first-order chi connectivity index (χ1) is 15.0. The van der Waals surface area contributed by atoms with Crippen molar-refractivity contribution in [1.82, 2.24) is 10.6 Å². The number of nitrogens with one attached hydrogen (secondary N) is 3. The Balaban J connectivity index is 1.32. The van der Waals surface area contributed by atoms with E-state index in [4.69, 9.17) is 18.0 Å². The van der Waals surface area contributed by atoms with Gasteiger partial charge in [-0.1, -0.05) is 60.7 Å². The molecule has 5 N–H and O–H groups in total. The molecule has 0 saturated carbocycles. The first-order valence-electron chi connectivity index (χ1n) is 10.5. The zero-order valence-corrected chi connectivity index (χ0v) is 18.0. The van der Waals surface area contributed by atoms with Crippen molar-refractivity contribution in [2.24, 2.45) is 11.7 Å². The van der Waals surface area contributed by atoms with Crippen LogP contribution in [-0.2, 0) is 11.2 Å². The van der Waals surface area contributed by atoms with E-state index in [1.54, 1.807) is 0 Å². The van der Waals surface area contributed by atoms with Crippen molar-refractivity contribution in [3.8, 4) is 0 Å². The number of nitrogens with zero attached hydrogens (tertiary/aromatic N) is 1. The highest BCUT2D eigenvalue weighted by atomic mass is 32.1. The van der Waals surface area contributed by atoms with Crippen molar-refractivity contribution in [2.75, 3.05) is 10.2 Å². The van der Waals surface area contributed by atoms with E-state index in [1.165, 1.54) is 5.56 Å². The molecule has 2 aliphatic rings. The normalized spacial score (nSPS) is 25.2. The van der Waals surface area contributed by atoms with Gasteiger partial charge in [0.2, 0.25) is 5.91 Å². The van der Waals surface area contributed by atoms with E-state index in [0.717, 1.165) is 28.6 Å². The summed E-state index contributed by atoms with van der Waals surface area (Å²) in [5.74, 6) is -0.836. The largest absolute Gasteiger partial charge is 0.349 e. The fourth-order valence-corrected chi connectivity index (χ4v) is 4.98. The quantitative estimate of drug-likeness (QED) is 0.478. The molecule has 7 heteroatoms. The Bertz CT molecular complexity index is 1170. The Morgan fingerprint density at radius 2 is 1.84 bits per heavy atom. The van der Waals surface area contributed by atoms with Gasteiger partial charge in [-0.05, 0) is 47.9 Å². The number of hydrogen-bond acceptors (Lipinski definition) is 5. The molecule has 0 spiro atoms. The fraction of sp³-hybridized carbons (Fsp3) is 0.250. The van der Waals surface area contributed by atoms with Crippen molar-refractivity contribution in [2.45, 2.75) is 31.8 Å². The molecule has 0 bridgehead atoms. The van der Waals surface area contributed by atoms with Gasteiger partial charge in [-0.2, -0.15) is 0 Å². The molecule has 4 unspecified atom stereocenters. The van der Waals surface area contributed by atoms with Gasteiger partial charge in [0.05, 0.1) is 11.2 Å². The molecule has 6 nitrogen and oxygen atoms in total. The van der Waals surface area contributed by atoms with Crippen molar-refractivity contribution in [3.63, 3.8) is 0 Å². The minimum atomic E-state index is -0.661. The smallest absolute Gasteiger partial charge is 0.235 e. The third-order valence-electron chi connectivity index (χ3n) is 6.11. The van der Waals surface area contributed by atoms with E-state index in [-0.39, 0.29) is 18.2 Å². The minimum absolute atomic E-state index is 0.175. The summed E-state index contributed by atoms with van der Waals surface area (Å²) in [6.07, 6.45) is -0.0368. The summed E-state index contributed by atoms with van der Waals surface area (Å²) in [5.41, 5.74) is 9.65. The summed E-state index contributed by atoms with van der Waals surface area (Å²) in [6.45, 7) is 2.15. The number of amides is 1. The average molecular weight is 432 g/mol. The predicted octanol–water partition coefficient (Wildman–Crippen LogP) is 2.93. The van der Waals surface area contributed by atoms with Gasteiger partial charge in [0.15, 0.2) is 6.29 Å². The van der Waals surface area contributed by atoms with E-state index in [0.29, 0.717) is 4.99 Å². The number of anilines is 2. The predicted molar refractivity (Wildman–Crippen MR) is 129 cm³/mol. The molecule has 1 saturated heterocycles. The van der Waals surface area contributed by atoms with Crippen LogP contribution in [0, 0.1) is 5.92 Å². The number of benzene rings is 3. The van der Waals surface area contributed by atoms with Gasteiger partial charge in [-0.25, -0.2) is 0 Å². The molecule has 1 fully saturated rings. The molecule has 2 heterocycles. The average Bonchev–Trinajstić information content (AvgIpc) is 3.08. The van der Waals surface area contributed by atoms with Crippen molar-refractivity contribution in [1.29, 1.82) is 0 Å². The van der Waals surface area contributed by atoms with Crippen LogP contribution in [0.25, 0.3) is 10.8 Å². The van der Waals surface area contributed by atoms with Gasteiger partial charge in [-0.3, -0.25) is 10.1 Å². The van der Waals surface area contributed by atoms with E-state index >= 15 is 0 Å². The van der Waals surface area contributed by atoms with Crippen LogP contribution in [0.5, 0.6) is 0 Å². The summed E-state index contributed by atoms with van der Waals surface area (Å²) in [7, 11) is 0. The van der Waals surface area contributed by atoms with Crippen LogP contribution in [0.3, 0.4) is 0 Å². The van der Waals surface area contributed by atoms with Gasteiger partial charge in [0.25, 0.3) is 0 Å². The van der Waals surface area contributed by atoms with Crippen molar-refractivity contribution in [3.05, 3.63) is 72.3 Å². The molecule has 31 heavy (non-hydrogen) atoms. The molecule has 2 aliphatic heterocycles. The van der Waals surface area contributed by atoms with E-state index < -0.39 is 12.1 Å². The molecule has 3 aromatic rings. The molecular formula is C24H25N5OS. The standard InChI is InChI=1S/C24H25N5OS/c1-14-12-17-8-4-5-9-19(17)29(14)24-27-21(25)20(22(30)28-24)23(31)26-18-11-10-15-6-2-3-7-16(15)13-18/h2-11,13-14,20-21,24,27H,12,25H2,1H3,(H,26,31)(H,28,30). The maximum atomic E-state index is 13.0. The first-order valence-corrected chi connectivity index (χ1v) is 10.9. The van der Waals surface area contributed by atoms with Crippen LogP contribution in [0.2, 0.25) is 0 Å². The Hall–Kier alpha value is -3.00. The topological polar surface area (TPSA) is 82.4 Å². The highest BCUT2D eigenvalue weighted by Crippen LogP contribution is 2.33. The van der Waals surface area contributed by atoms with Gasteiger partial charge in [0.1, 0.15) is 5.92 Å². The monoisotopic (exact) mass is 431 g/mol. The molecule has 0 radical (unpaired) electrons. The fourth-order valence-electron chi connectivity index (χ4n) is 4.61. The Morgan fingerprint density at radius 1 is 1.10 bits per heavy atom. The van der Waals surface area contributed by atoms with Crippen LogP contribution in [0.4, 0.5) is 11.4 Å². The van der Waals surface area contributed by atoms with Crippen molar-refractivity contribution < 1.29 is 4.79 Å². The molecule has 4 atom stereocenters. The number of para-hydroxylation sites is 1. The maximum Gasteiger partial charge on any atom is 0.235 e. The Kier molecular flexibility index (Phi) is 5.09. The number of hydrogen-bond donors (Lipinski definition) is 4. The van der Waals surface area contributed by atoms with Crippen LogP contribution in [-0.4, -0.2) is 29.4 Å². The van der Waals surface area contributed by atoms with Crippen LogP contribution in [0.1, 0.15) is 12.5 Å². The molecule has 5 rings (SSSR count). The Morgan fingerprint density at radius 3 is 2.65 bits per heavy atom. The number of nitrogens with two attached hydrogens (primary N) is 1. The highest BCUT2D eigenvalue weighted by Gasteiger charge is 2.41. The van der Waals surface area contributed by atoms with Gasteiger partial charge in [0, 0.05) is 17.4 Å². The number of carbonyl (C=O) groups is 1. The van der Waals surface area contributed by atoms with Gasteiger partial charge < -0.3 is 21.3 Å². The number of thiocarbonyl (C=S) groups is 1. The molecule has 1 amide bonds. The summed E-state index contributed by atoms with van der Waals surface area (Å²) in [4.78, 5) is 15.6. The zero-order valence-electron chi connectivity index (χ0n) is 17.2. The summed E-state index contributed by atoms with van der Waals surface area (Å²) in [5, 5.41) is 11.9. The third-order valence-corrected chi connectivity index (χ3v) is 6.46. The number of rotatable bonds is 3. The summed E-state index contributed by atoms with van der Waals surface area (Å²) < 4.78 is 0. The second-order valence-electron chi connectivity index (χ2n) is 8.22. The summed E-state index contributed by atoms with van der Waals surface area (Å²) in [6, 6.07) is 22.6. The lowest BCUT2D eigenvalue weighted by molar-refractivity contribution is -0.126. The first kappa shape index (κ1) is 19.9. The van der Waals surface area contributed by atoms with Crippen LogP contribution >= 0.6 is 12.2 Å². The van der Waals surface area contributed by atoms with Gasteiger partial charge in [-0.15, -0.1) is 0 Å². The zero-order chi connectivity index (χ0) is 21.5. The Labute approximate surface area is 186 Å². The van der Waals surface area contributed by atoms with Crippen LogP contribution in [0.15, 0.2) is 66.7 Å². The second kappa shape index (κ2) is 7.92. The van der Waals surface area contributed by atoms with E-state index in [2.05, 4.69) is 46.0 Å². The summed E-state index contributed by atoms with van der Waals surface area (Å²) >= 11 is 5.59. The second-order valence-corrected chi connectivity index (χ2v) is 8.66. The SMILES string of the molecule is CC1Cc2ccccc2N1C1NC(=O)C(C(=S)Nc2ccc3ccccc3c2)C(N)N1. The molecule has 158 valence electrons. The molecule has 0 aliphatic carbocycles. The van der Waals surface area contributed by atoms with Crippen molar-refractivity contribution >= 4 is 45.3 Å². The lowest BCUT2D eigenvalue weighted by Gasteiger charge is -2.42. The minimum Gasteiger partial charge on any atom is -0.349 e.